The lowest BCUT2D eigenvalue weighted by atomic mass is 9.71. The van der Waals surface area contributed by atoms with Gasteiger partial charge in [-0.3, -0.25) is 9.59 Å². The standard InChI is InChI=1S/C23H17NO6/c1-2-21(27)24-12-3-6-16-15(9-12)22(28)30-23(16)17-7-4-13(25)10-19(17)29-20-11-14(26)5-8-18(20)23/h3-11,17,26H,2H2,1H3,(H,24,27). The van der Waals surface area contributed by atoms with Crippen LogP contribution in [0.5, 0.6) is 11.5 Å². The van der Waals surface area contributed by atoms with E-state index in [-0.39, 0.29) is 17.4 Å². The maximum absolute atomic E-state index is 12.9. The molecule has 7 heteroatoms. The molecule has 1 amide bonds. The van der Waals surface area contributed by atoms with Crippen LogP contribution in [0.25, 0.3) is 0 Å². The van der Waals surface area contributed by atoms with Gasteiger partial charge in [-0.1, -0.05) is 19.1 Å². The fourth-order valence-corrected chi connectivity index (χ4v) is 4.24. The molecule has 0 saturated heterocycles. The molecule has 2 atom stereocenters. The number of ether oxygens (including phenoxy) is 2. The molecule has 0 fully saturated rings. The van der Waals surface area contributed by atoms with E-state index >= 15 is 0 Å². The molecule has 30 heavy (non-hydrogen) atoms. The van der Waals surface area contributed by atoms with Gasteiger partial charge in [0.1, 0.15) is 17.3 Å². The normalized spacial score (nSPS) is 23.1. The molecule has 2 aromatic carbocycles. The number of carbonyl (C=O) groups excluding carboxylic acids is 3. The van der Waals surface area contributed by atoms with Crippen molar-refractivity contribution in [1.29, 1.82) is 0 Å². The molecule has 2 aliphatic heterocycles. The second-order valence-electron chi connectivity index (χ2n) is 7.36. The van der Waals surface area contributed by atoms with Crippen molar-refractivity contribution < 1.29 is 29.0 Å². The van der Waals surface area contributed by atoms with Gasteiger partial charge in [0.05, 0.1) is 11.5 Å². The fourth-order valence-electron chi connectivity index (χ4n) is 4.24. The Hall–Kier alpha value is -3.87. The van der Waals surface area contributed by atoms with Gasteiger partial charge in [-0.25, -0.2) is 4.79 Å². The SMILES string of the molecule is CCC(=O)Nc1ccc2c(c1)C(=O)OC21c2ccc(O)cc2OC2=CC(=O)C=CC21. The van der Waals surface area contributed by atoms with Crippen LogP contribution in [0, 0.1) is 5.92 Å². The topological polar surface area (TPSA) is 102 Å². The number of fused-ring (bicyclic) bond motifs is 6. The minimum absolute atomic E-state index is 0.0113. The lowest BCUT2D eigenvalue weighted by Crippen LogP contribution is -2.42. The summed E-state index contributed by atoms with van der Waals surface area (Å²) in [5.74, 6) is -0.849. The van der Waals surface area contributed by atoms with Crippen molar-refractivity contribution in [3.63, 3.8) is 0 Å². The second kappa shape index (κ2) is 6.32. The number of aromatic hydroxyl groups is 1. The van der Waals surface area contributed by atoms with Crippen LogP contribution < -0.4 is 10.1 Å². The van der Waals surface area contributed by atoms with Crippen LogP contribution >= 0.6 is 0 Å². The summed E-state index contributed by atoms with van der Waals surface area (Å²) in [5.41, 5.74) is 0.752. The number of ketones is 1. The summed E-state index contributed by atoms with van der Waals surface area (Å²) >= 11 is 0. The number of benzene rings is 2. The molecule has 2 N–H and O–H groups in total. The number of anilines is 1. The number of hydrogen-bond donors (Lipinski definition) is 2. The fraction of sp³-hybridized carbons (Fsp3) is 0.174. The highest BCUT2D eigenvalue weighted by molar-refractivity contribution is 6.02. The summed E-state index contributed by atoms with van der Waals surface area (Å²) in [6, 6.07) is 9.64. The average molecular weight is 403 g/mol. The van der Waals surface area contributed by atoms with E-state index in [0.29, 0.717) is 40.3 Å². The zero-order valence-electron chi connectivity index (χ0n) is 16.0. The third-order valence-electron chi connectivity index (χ3n) is 5.57. The zero-order chi connectivity index (χ0) is 21.0. The predicted octanol–water partition coefficient (Wildman–Crippen LogP) is 3.19. The Balaban J connectivity index is 1.73. The van der Waals surface area contributed by atoms with Gasteiger partial charge in [-0.2, -0.15) is 0 Å². The van der Waals surface area contributed by atoms with Crippen LogP contribution in [0.4, 0.5) is 5.69 Å². The zero-order valence-corrected chi connectivity index (χ0v) is 16.0. The van der Waals surface area contributed by atoms with Gasteiger partial charge < -0.3 is 19.9 Å². The summed E-state index contributed by atoms with van der Waals surface area (Å²) in [7, 11) is 0. The lowest BCUT2D eigenvalue weighted by Gasteiger charge is -2.42. The van der Waals surface area contributed by atoms with Crippen LogP contribution in [0.2, 0.25) is 0 Å². The van der Waals surface area contributed by atoms with Gasteiger partial charge in [-0.15, -0.1) is 0 Å². The number of esters is 1. The van der Waals surface area contributed by atoms with Crippen LogP contribution in [0.15, 0.2) is 60.4 Å². The van der Waals surface area contributed by atoms with Gasteiger partial charge in [0.15, 0.2) is 11.4 Å². The molecule has 7 nitrogen and oxygen atoms in total. The molecule has 0 bridgehead atoms. The van der Waals surface area contributed by atoms with E-state index in [4.69, 9.17) is 9.47 Å². The highest BCUT2D eigenvalue weighted by Gasteiger charge is 2.57. The Morgan fingerprint density at radius 3 is 2.77 bits per heavy atom. The minimum atomic E-state index is -1.25. The monoisotopic (exact) mass is 403 g/mol. The Kier molecular flexibility index (Phi) is 3.83. The third kappa shape index (κ3) is 2.48. The number of allylic oxidation sites excluding steroid dienone is 2. The van der Waals surface area contributed by atoms with Crippen LogP contribution in [-0.2, 0) is 19.9 Å². The molecule has 3 aliphatic rings. The second-order valence-corrected chi connectivity index (χ2v) is 7.36. The highest BCUT2D eigenvalue weighted by atomic mass is 16.6. The molecule has 2 unspecified atom stereocenters. The molecule has 150 valence electrons. The first-order valence-corrected chi connectivity index (χ1v) is 9.55. The van der Waals surface area contributed by atoms with Crippen LogP contribution in [0.1, 0.15) is 34.8 Å². The van der Waals surface area contributed by atoms with Crippen LogP contribution in [0.3, 0.4) is 0 Å². The first kappa shape index (κ1) is 18.2. The number of nitrogens with one attached hydrogen (secondary N) is 1. The summed E-state index contributed by atoms with van der Waals surface area (Å²) in [4.78, 5) is 36.6. The average Bonchev–Trinajstić information content (AvgIpc) is 3.00. The highest BCUT2D eigenvalue weighted by Crippen LogP contribution is 2.56. The number of rotatable bonds is 2. The van der Waals surface area contributed by atoms with E-state index in [1.165, 1.54) is 24.3 Å². The van der Waals surface area contributed by atoms with E-state index in [0.717, 1.165) is 0 Å². The largest absolute Gasteiger partial charge is 0.508 e. The third-order valence-corrected chi connectivity index (χ3v) is 5.57. The number of phenolic OH excluding ortho intramolecular Hbond substituents is 1. The number of carbonyl (C=O) groups is 3. The first-order chi connectivity index (χ1) is 14.4. The van der Waals surface area contributed by atoms with Crippen molar-refractivity contribution in [3.05, 3.63) is 77.1 Å². The van der Waals surface area contributed by atoms with Gasteiger partial charge in [0.2, 0.25) is 5.91 Å². The summed E-state index contributed by atoms with van der Waals surface area (Å²) in [6.45, 7) is 1.74. The molecule has 5 rings (SSSR count). The van der Waals surface area contributed by atoms with E-state index in [1.54, 1.807) is 37.3 Å². The van der Waals surface area contributed by atoms with E-state index in [2.05, 4.69) is 5.32 Å². The van der Waals surface area contributed by atoms with E-state index in [1.807, 2.05) is 0 Å². The molecule has 2 heterocycles. The van der Waals surface area contributed by atoms with Crippen molar-refractivity contribution >= 4 is 23.3 Å². The number of amides is 1. The number of phenols is 1. The molecule has 1 spiro atoms. The Bertz CT molecular complexity index is 1190. The van der Waals surface area contributed by atoms with Crippen molar-refractivity contribution in [2.24, 2.45) is 5.92 Å². The molecule has 0 radical (unpaired) electrons. The van der Waals surface area contributed by atoms with E-state index < -0.39 is 17.5 Å². The van der Waals surface area contributed by atoms with Crippen LogP contribution in [-0.4, -0.2) is 22.8 Å². The summed E-state index contributed by atoms with van der Waals surface area (Å²) < 4.78 is 11.9. The Morgan fingerprint density at radius 1 is 1.17 bits per heavy atom. The van der Waals surface area contributed by atoms with Crippen molar-refractivity contribution in [2.75, 3.05) is 5.32 Å². The molecule has 2 aromatic rings. The van der Waals surface area contributed by atoms with E-state index in [9.17, 15) is 19.5 Å². The maximum atomic E-state index is 12.9. The maximum Gasteiger partial charge on any atom is 0.339 e. The molecule has 1 aliphatic carbocycles. The first-order valence-electron chi connectivity index (χ1n) is 9.55. The van der Waals surface area contributed by atoms with Gasteiger partial charge in [0.25, 0.3) is 0 Å². The molecular weight excluding hydrogens is 386 g/mol. The predicted molar refractivity (Wildman–Crippen MR) is 106 cm³/mol. The molecular formula is C23H17NO6. The van der Waals surface area contributed by atoms with Crippen molar-refractivity contribution in [3.8, 4) is 11.5 Å². The quantitative estimate of drug-likeness (QED) is 0.747. The molecule has 0 saturated carbocycles. The minimum Gasteiger partial charge on any atom is -0.508 e. The summed E-state index contributed by atoms with van der Waals surface area (Å²) in [5, 5.41) is 12.7. The Morgan fingerprint density at radius 2 is 1.97 bits per heavy atom. The smallest absolute Gasteiger partial charge is 0.339 e. The van der Waals surface area contributed by atoms with Gasteiger partial charge >= 0.3 is 5.97 Å². The number of hydrogen-bond acceptors (Lipinski definition) is 6. The van der Waals surface area contributed by atoms with Crippen molar-refractivity contribution in [1.82, 2.24) is 0 Å². The molecule has 0 aromatic heterocycles. The van der Waals surface area contributed by atoms with Crippen molar-refractivity contribution in [2.45, 2.75) is 18.9 Å². The lowest BCUT2D eigenvalue weighted by molar-refractivity contribution is -0.116. The van der Waals surface area contributed by atoms with Gasteiger partial charge in [-0.05, 0) is 30.3 Å². The Labute approximate surface area is 171 Å². The summed E-state index contributed by atoms with van der Waals surface area (Å²) in [6.07, 6.45) is 4.77. The van der Waals surface area contributed by atoms with Gasteiger partial charge in [0, 0.05) is 35.4 Å².